The molecule has 0 radical (unpaired) electrons. The van der Waals surface area contributed by atoms with E-state index in [1.807, 2.05) is 59.2 Å². The Morgan fingerprint density at radius 2 is 1.82 bits per heavy atom. The predicted molar refractivity (Wildman–Crippen MR) is 106 cm³/mol. The zero-order valence-electron chi connectivity index (χ0n) is 15.7. The SMILES string of the molecule is CCc1ccc(OCc2nnc(SCCC(=O)[O-])n2Cc2ccccc2)cc1. The summed E-state index contributed by atoms with van der Waals surface area (Å²) in [6, 6.07) is 18.0. The van der Waals surface area contributed by atoms with E-state index in [4.69, 9.17) is 4.74 Å². The van der Waals surface area contributed by atoms with Crippen LogP contribution in [0.25, 0.3) is 0 Å². The molecule has 0 aliphatic rings. The van der Waals surface area contributed by atoms with Crippen molar-refractivity contribution in [1.29, 1.82) is 0 Å². The second kappa shape index (κ2) is 9.94. The number of benzene rings is 2. The molecule has 0 spiro atoms. The lowest BCUT2D eigenvalue weighted by molar-refractivity contribution is -0.305. The Hall–Kier alpha value is -2.80. The number of carboxylic acid groups (broad SMARTS) is 1. The number of aliphatic carboxylic acids is 1. The van der Waals surface area contributed by atoms with Crippen molar-refractivity contribution in [2.24, 2.45) is 0 Å². The molecule has 0 unspecified atom stereocenters. The van der Waals surface area contributed by atoms with Gasteiger partial charge in [-0.15, -0.1) is 10.2 Å². The van der Waals surface area contributed by atoms with Crippen LogP contribution in [0.3, 0.4) is 0 Å². The number of hydrogen-bond acceptors (Lipinski definition) is 6. The van der Waals surface area contributed by atoms with Gasteiger partial charge in [-0.25, -0.2) is 0 Å². The van der Waals surface area contributed by atoms with Gasteiger partial charge in [0.2, 0.25) is 0 Å². The van der Waals surface area contributed by atoms with Crippen molar-refractivity contribution < 1.29 is 14.6 Å². The first kappa shape index (κ1) is 19.9. The van der Waals surface area contributed by atoms with Crippen LogP contribution < -0.4 is 9.84 Å². The van der Waals surface area contributed by atoms with Gasteiger partial charge in [0.25, 0.3) is 0 Å². The molecule has 1 aromatic heterocycles. The zero-order chi connectivity index (χ0) is 19.8. The van der Waals surface area contributed by atoms with Crippen LogP contribution in [-0.4, -0.2) is 26.5 Å². The van der Waals surface area contributed by atoms with E-state index in [0.717, 1.165) is 17.7 Å². The first-order chi connectivity index (χ1) is 13.7. The smallest absolute Gasteiger partial charge is 0.191 e. The first-order valence-corrected chi connectivity index (χ1v) is 10.1. The molecule has 146 valence electrons. The quantitative estimate of drug-likeness (QED) is 0.490. The van der Waals surface area contributed by atoms with Crippen LogP contribution in [0, 0.1) is 0 Å². The summed E-state index contributed by atoms with van der Waals surface area (Å²) in [6.45, 7) is 2.99. The van der Waals surface area contributed by atoms with E-state index in [1.54, 1.807) is 0 Å². The molecule has 2 aromatic carbocycles. The van der Waals surface area contributed by atoms with Crippen molar-refractivity contribution in [3.8, 4) is 5.75 Å². The Morgan fingerprint density at radius 3 is 2.50 bits per heavy atom. The lowest BCUT2D eigenvalue weighted by Crippen LogP contribution is -2.22. The minimum atomic E-state index is -1.07. The summed E-state index contributed by atoms with van der Waals surface area (Å²) in [5.74, 6) is 0.784. The Kier molecular flexibility index (Phi) is 7.08. The molecule has 0 aliphatic heterocycles. The largest absolute Gasteiger partial charge is 0.550 e. The minimum absolute atomic E-state index is 0.0293. The van der Waals surface area contributed by atoms with Crippen LogP contribution in [0.2, 0.25) is 0 Å². The standard InChI is InChI=1S/C21H23N3O3S/c1-2-16-8-10-18(11-9-16)27-15-19-22-23-21(28-13-12-20(25)26)24(19)14-17-6-4-3-5-7-17/h3-11H,2,12-15H2,1H3,(H,25,26)/p-1. The minimum Gasteiger partial charge on any atom is -0.550 e. The average molecular weight is 396 g/mol. The first-order valence-electron chi connectivity index (χ1n) is 9.16. The highest BCUT2D eigenvalue weighted by molar-refractivity contribution is 7.99. The average Bonchev–Trinajstić information content (AvgIpc) is 3.09. The zero-order valence-corrected chi connectivity index (χ0v) is 16.5. The normalized spacial score (nSPS) is 10.8. The number of carbonyl (C=O) groups excluding carboxylic acids is 1. The van der Waals surface area contributed by atoms with Crippen LogP contribution in [0.4, 0.5) is 0 Å². The molecule has 1 heterocycles. The second-order valence-electron chi connectivity index (χ2n) is 6.23. The molecule has 0 atom stereocenters. The third-order valence-electron chi connectivity index (χ3n) is 4.21. The van der Waals surface area contributed by atoms with E-state index in [-0.39, 0.29) is 13.0 Å². The summed E-state index contributed by atoms with van der Waals surface area (Å²) in [6.07, 6.45) is 0.955. The van der Waals surface area contributed by atoms with E-state index in [2.05, 4.69) is 17.1 Å². The molecule has 28 heavy (non-hydrogen) atoms. The summed E-state index contributed by atoms with van der Waals surface area (Å²) < 4.78 is 7.86. The third kappa shape index (κ3) is 5.60. The second-order valence-corrected chi connectivity index (χ2v) is 7.29. The van der Waals surface area contributed by atoms with Gasteiger partial charge in [0.05, 0.1) is 6.54 Å². The van der Waals surface area contributed by atoms with Gasteiger partial charge in [-0.3, -0.25) is 4.57 Å². The van der Waals surface area contributed by atoms with Crippen LogP contribution in [0.15, 0.2) is 59.8 Å². The van der Waals surface area contributed by atoms with E-state index in [0.29, 0.717) is 23.3 Å². The van der Waals surface area contributed by atoms with Crippen molar-refractivity contribution >= 4 is 17.7 Å². The Bertz CT molecular complexity index is 895. The van der Waals surface area contributed by atoms with Gasteiger partial charge < -0.3 is 14.6 Å². The molecule has 0 saturated heterocycles. The molecule has 3 aromatic rings. The van der Waals surface area contributed by atoms with Gasteiger partial charge >= 0.3 is 0 Å². The number of carboxylic acids is 1. The molecule has 6 nitrogen and oxygen atoms in total. The summed E-state index contributed by atoms with van der Waals surface area (Å²) in [7, 11) is 0. The van der Waals surface area contributed by atoms with Crippen molar-refractivity contribution in [3.63, 3.8) is 0 Å². The third-order valence-corrected chi connectivity index (χ3v) is 5.18. The molecule has 0 amide bonds. The van der Waals surface area contributed by atoms with E-state index in [1.165, 1.54) is 17.3 Å². The van der Waals surface area contributed by atoms with E-state index < -0.39 is 5.97 Å². The maximum absolute atomic E-state index is 10.7. The maximum Gasteiger partial charge on any atom is 0.191 e. The van der Waals surface area contributed by atoms with Crippen LogP contribution in [0.5, 0.6) is 5.75 Å². The highest BCUT2D eigenvalue weighted by Crippen LogP contribution is 2.21. The molecule has 0 saturated carbocycles. The predicted octanol–water partition coefficient (Wildman–Crippen LogP) is 2.70. The summed E-state index contributed by atoms with van der Waals surface area (Å²) in [5.41, 5.74) is 2.36. The number of rotatable bonds is 10. The summed E-state index contributed by atoms with van der Waals surface area (Å²) in [5, 5.41) is 19.9. The van der Waals surface area contributed by atoms with E-state index >= 15 is 0 Å². The van der Waals surface area contributed by atoms with Gasteiger partial charge in [-0.1, -0.05) is 61.2 Å². The Labute approximate surface area is 168 Å². The van der Waals surface area contributed by atoms with Crippen molar-refractivity contribution in [3.05, 3.63) is 71.5 Å². The Morgan fingerprint density at radius 1 is 1.07 bits per heavy atom. The number of aryl methyl sites for hydroxylation is 1. The fourth-order valence-electron chi connectivity index (χ4n) is 2.65. The van der Waals surface area contributed by atoms with Gasteiger partial charge in [-0.05, 0) is 36.1 Å². The van der Waals surface area contributed by atoms with Crippen molar-refractivity contribution in [2.45, 2.75) is 38.1 Å². The van der Waals surface area contributed by atoms with Gasteiger partial charge in [0.1, 0.15) is 12.4 Å². The number of thioether (sulfide) groups is 1. The molecular formula is C21H22N3O3S-. The van der Waals surface area contributed by atoms with Gasteiger partial charge in [0.15, 0.2) is 11.0 Å². The number of ether oxygens (including phenoxy) is 1. The monoisotopic (exact) mass is 396 g/mol. The summed E-state index contributed by atoms with van der Waals surface area (Å²) >= 11 is 1.36. The molecule has 7 heteroatoms. The van der Waals surface area contributed by atoms with Crippen molar-refractivity contribution in [2.75, 3.05) is 5.75 Å². The molecule has 3 rings (SSSR count). The lowest BCUT2D eigenvalue weighted by Gasteiger charge is -2.11. The number of aromatic nitrogens is 3. The fourth-order valence-corrected chi connectivity index (χ4v) is 3.53. The fraction of sp³-hybridized carbons (Fsp3) is 0.286. The van der Waals surface area contributed by atoms with Crippen LogP contribution in [0.1, 0.15) is 30.3 Å². The highest BCUT2D eigenvalue weighted by atomic mass is 32.2. The number of hydrogen-bond donors (Lipinski definition) is 0. The Balaban J connectivity index is 1.74. The summed E-state index contributed by atoms with van der Waals surface area (Å²) in [4.78, 5) is 10.7. The highest BCUT2D eigenvalue weighted by Gasteiger charge is 2.14. The van der Waals surface area contributed by atoms with Gasteiger partial charge in [-0.2, -0.15) is 0 Å². The molecule has 0 N–H and O–H groups in total. The molecule has 0 fully saturated rings. The molecule has 0 bridgehead atoms. The topological polar surface area (TPSA) is 80.1 Å². The number of nitrogens with zero attached hydrogens (tertiary/aromatic N) is 3. The van der Waals surface area contributed by atoms with E-state index in [9.17, 15) is 9.90 Å². The van der Waals surface area contributed by atoms with Crippen LogP contribution >= 0.6 is 11.8 Å². The lowest BCUT2D eigenvalue weighted by atomic mass is 10.2. The van der Waals surface area contributed by atoms with Crippen LogP contribution in [-0.2, 0) is 24.4 Å². The maximum atomic E-state index is 10.7. The molecular weight excluding hydrogens is 374 g/mol. The van der Waals surface area contributed by atoms with Crippen molar-refractivity contribution in [1.82, 2.24) is 14.8 Å². The van der Waals surface area contributed by atoms with Gasteiger partial charge in [0, 0.05) is 11.7 Å². The number of carbonyl (C=O) groups is 1. The molecule has 0 aliphatic carbocycles.